The fourth-order valence-corrected chi connectivity index (χ4v) is 3.02. The maximum Gasteiger partial charge on any atom is 0.224 e. The zero-order valence-electron chi connectivity index (χ0n) is 12.7. The fraction of sp³-hybridized carbons (Fsp3) is 0.375. The molecule has 1 aromatic carbocycles. The lowest BCUT2D eigenvalue weighted by Gasteiger charge is -2.36. The molecule has 0 unspecified atom stereocenters. The van der Waals surface area contributed by atoms with Crippen LogP contribution >= 0.6 is 15.9 Å². The third kappa shape index (κ3) is 4.10. The Morgan fingerprint density at radius 2 is 1.87 bits per heavy atom. The second kappa shape index (κ2) is 7.12. The Morgan fingerprint density at radius 3 is 2.48 bits per heavy atom. The highest BCUT2D eigenvalue weighted by atomic mass is 79.9. The molecule has 1 aromatic heterocycles. The summed E-state index contributed by atoms with van der Waals surface area (Å²) in [5.74, 6) is -0.0804. The molecule has 1 saturated heterocycles. The van der Waals surface area contributed by atoms with Crippen molar-refractivity contribution < 1.29 is 9.18 Å². The van der Waals surface area contributed by atoms with Gasteiger partial charge in [0.25, 0.3) is 0 Å². The van der Waals surface area contributed by atoms with Gasteiger partial charge >= 0.3 is 0 Å². The molecule has 1 fully saturated rings. The molecule has 0 aliphatic carbocycles. The van der Waals surface area contributed by atoms with Gasteiger partial charge in [-0.05, 0) is 40.2 Å². The smallest absolute Gasteiger partial charge is 0.224 e. The van der Waals surface area contributed by atoms with Crippen LogP contribution in [0.4, 0.5) is 10.1 Å². The van der Waals surface area contributed by atoms with Crippen LogP contribution in [0.3, 0.4) is 0 Å². The van der Waals surface area contributed by atoms with E-state index in [2.05, 4.69) is 25.9 Å². The van der Waals surface area contributed by atoms with Crippen LogP contribution in [0.2, 0.25) is 0 Å². The van der Waals surface area contributed by atoms with Crippen LogP contribution in [0.1, 0.15) is 6.42 Å². The van der Waals surface area contributed by atoms with Crippen LogP contribution in [0.5, 0.6) is 0 Å². The molecular formula is C16H18BrFN4O. The minimum Gasteiger partial charge on any atom is -0.368 e. The number of hydrogen-bond acceptors (Lipinski definition) is 3. The standard InChI is InChI=1S/C16H18BrFN4O/c17-13-11-19-22(12-13)6-5-16(23)21-9-7-20(8-10-21)15-3-1-14(18)2-4-15/h1-4,11-12H,5-10H2. The Bertz CT molecular complexity index is 665. The second-order valence-electron chi connectivity index (χ2n) is 5.52. The number of hydrogen-bond donors (Lipinski definition) is 0. The molecule has 0 N–H and O–H groups in total. The third-order valence-electron chi connectivity index (χ3n) is 3.98. The molecule has 23 heavy (non-hydrogen) atoms. The topological polar surface area (TPSA) is 41.4 Å². The van der Waals surface area contributed by atoms with Crippen molar-refractivity contribution in [1.29, 1.82) is 0 Å². The van der Waals surface area contributed by atoms with E-state index in [9.17, 15) is 9.18 Å². The number of rotatable bonds is 4. The van der Waals surface area contributed by atoms with E-state index in [0.29, 0.717) is 26.1 Å². The third-order valence-corrected chi connectivity index (χ3v) is 4.39. The molecule has 7 heteroatoms. The molecule has 1 amide bonds. The predicted molar refractivity (Wildman–Crippen MR) is 89.7 cm³/mol. The summed E-state index contributed by atoms with van der Waals surface area (Å²) in [6.07, 6.45) is 4.02. The summed E-state index contributed by atoms with van der Waals surface area (Å²) in [5.41, 5.74) is 1.000. The minimum atomic E-state index is -0.229. The normalized spacial score (nSPS) is 15.0. The highest BCUT2D eigenvalue weighted by Crippen LogP contribution is 2.17. The number of halogens is 2. The monoisotopic (exact) mass is 380 g/mol. The molecule has 0 atom stereocenters. The summed E-state index contributed by atoms with van der Waals surface area (Å²) < 4.78 is 15.6. The zero-order valence-corrected chi connectivity index (χ0v) is 14.2. The Morgan fingerprint density at radius 1 is 1.17 bits per heavy atom. The van der Waals surface area contributed by atoms with Gasteiger partial charge in [-0.2, -0.15) is 5.10 Å². The lowest BCUT2D eigenvalue weighted by molar-refractivity contribution is -0.131. The van der Waals surface area contributed by atoms with Gasteiger partial charge in [-0.15, -0.1) is 0 Å². The number of nitrogens with zero attached hydrogens (tertiary/aromatic N) is 4. The Hall–Kier alpha value is -1.89. The maximum atomic E-state index is 13.0. The van der Waals surface area contributed by atoms with Crippen LogP contribution in [-0.4, -0.2) is 46.8 Å². The van der Waals surface area contributed by atoms with E-state index >= 15 is 0 Å². The van der Waals surface area contributed by atoms with E-state index < -0.39 is 0 Å². The van der Waals surface area contributed by atoms with Crippen LogP contribution < -0.4 is 4.90 Å². The van der Waals surface area contributed by atoms with E-state index in [4.69, 9.17) is 0 Å². The molecule has 2 heterocycles. The van der Waals surface area contributed by atoms with Crippen molar-refractivity contribution in [2.75, 3.05) is 31.1 Å². The molecule has 3 rings (SSSR count). The van der Waals surface area contributed by atoms with Gasteiger partial charge in [-0.1, -0.05) is 0 Å². The van der Waals surface area contributed by atoms with Crippen LogP contribution in [0, 0.1) is 5.82 Å². The highest BCUT2D eigenvalue weighted by Gasteiger charge is 2.21. The van der Waals surface area contributed by atoms with Gasteiger partial charge in [0.15, 0.2) is 0 Å². The summed E-state index contributed by atoms with van der Waals surface area (Å²) in [6, 6.07) is 6.49. The summed E-state index contributed by atoms with van der Waals surface area (Å²) >= 11 is 3.34. The van der Waals surface area contributed by atoms with Crippen molar-refractivity contribution in [3.8, 4) is 0 Å². The van der Waals surface area contributed by atoms with Gasteiger partial charge in [0, 0.05) is 51.0 Å². The number of anilines is 1. The first kappa shape index (κ1) is 16.0. The number of piperazine rings is 1. The van der Waals surface area contributed by atoms with E-state index in [1.54, 1.807) is 23.0 Å². The molecule has 0 spiro atoms. The molecule has 0 saturated carbocycles. The fourth-order valence-electron chi connectivity index (χ4n) is 2.69. The molecule has 0 radical (unpaired) electrons. The van der Waals surface area contributed by atoms with Crippen molar-refractivity contribution in [2.45, 2.75) is 13.0 Å². The lowest BCUT2D eigenvalue weighted by atomic mass is 10.2. The quantitative estimate of drug-likeness (QED) is 0.818. The van der Waals surface area contributed by atoms with Crippen LogP contribution in [0.25, 0.3) is 0 Å². The molecule has 0 bridgehead atoms. The van der Waals surface area contributed by atoms with Gasteiger partial charge in [0.1, 0.15) is 5.82 Å². The summed E-state index contributed by atoms with van der Waals surface area (Å²) in [7, 11) is 0. The number of aromatic nitrogens is 2. The van der Waals surface area contributed by atoms with Gasteiger partial charge in [0.05, 0.1) is 10.7 Å². The van der Waals surface area contributed by atoms with E-state index in [0.717, 1.165) is 23.2 Å². The number of carbonyl (C=O) groups excluding carboxylic acids is 1. The average molecular weight is 381 g/mol. The van der Waals surface area contributed by atoms with Crippen molar-refractivity contribution in [3.63, 3.8) is 0 Å². The largest absolute Gasteiger partial charge is 0.368 e. The van der Waals surface area contributed by atoms with Gasteiger partial charge < -0.3 is 9.80 Å². The summed E-state index contributed by atoms with van der Waals surface area (Å²) in [4.78, 5) is 16.3. The van der Waals surface area contributed by atoms with E-state index in [1.807, 2.05) is 11.1 Å². The highest BCUT2D eigenvalue weighted by molar-refractivity contribution is 9.10. The first-order chi connectivity index (χ1) is 11.1. The van der Waals surface area contributed by atoms with Crippen molar-refractivity contribution in [3.05, 3.63) is 46.9 Å². The average Bonchev–Trinajstić information content (AvgIpc) is 2.99. The summed E-state index contributed by atoms with van der Waals surface area (Å²) in [5, 5.41) is 4.15. The van der Waals surface area contributed by atoms with Crippen molar-refractivity contribution >= 4 is 27.5 Å². The Balaban J connectivity index is 1.48. The van der Waals surface area contributed by atoms with E-state index in [-0.39, 0.29) is 11.7 Å². The molecule has 5 nitrogen and oxygen atoms in total. The summed E-state index contributed by atoms with van der Waals surface area (Å²) in [6.45, 7) is 3.51. The number of benzene rings is 1. The van der Waals surface area contributed by atoms with Crippen LogP contribution in [0.15, 0.2) is 41.1 Å². The lowest BCUT2D eigenvalue weighted by Crippen LogP contribution is -2.49. The van der Waals surface area contributed by atoms with Gasteiger partial charge in [-0.25, -0.2) is 4.39 Å². The van der Waals surface area contributed by atoms with Gasteiger partial charge in [0.2, 0.25) is 5.91 Å². The van der Waals surface area contributed by atoms with Crippen molar-refractivity contribution in [2.24, 2.45) is 0 Å². The zero-order chi connectivity index (χ0) is 16.2. The van der Waals surface area contributed by atoms with Crippen molar-refractivity contribution in [1.82, 2.24) is 14.7 Å². The molecule has 1 aliphatic rings. The maximum absolute atomic E-state index is 13.0. The number of amides is 1. The predicted octanol–water partition coefficient (Wildman–Crippen LogP) is 2.52. The van der Waals surface area contributed by atoms with Crippen LogP contribution in [-0.2, 0) is 11.3 Å². The number of aryl methyl sites for hydroxylation is 1. The first-order valence-corrected chi connectivity index (χ1v) is 8.37. The minimum absolute atomic E-state index is 0.148. The molecule has 1 aliphatic heterocycles. The van der Waals surface area contributed by atoms with Gasteiger partial charge in [-0.3, -0.25) is 9.48 Å². The SMILES string of the molecule is O=C(CCn1cc(Br)cn1)N1CCN(c2ccc(F)cc2)CC1. The molecule has 122 valence electrons. The second-order valence-corrected chi connectivity index (χ2v) is 6.43. The first-order valence-electron chi connectivity index (χ1n) is 7.58. The Kier molecular flexibility index (Phi) is 4.95. The molecular weight excluding hydrogens is 363 g/mol. The Labute approximate surface area is 142 Å². The number of carbonyl (C=O) groups is 1. The molecule has 2 aromatic rings. The van der Waals surface area contributed by atoms with E-state index in [1.165, 1.54) is 12.1 Å².